The van der Waals surface area contributed by atoms with Gasteiger partial charge in [-0.1, -0.05) is 12.1 Å². The summed E-state index contributed by atoms with van der Waals surface area (Å²) in [7, 11) is 0. The van der Waals surface area contributed by atoms with E-state index in [1.165, 1.54) is 0 Å². The third kappa shape index (κ3) is 3.02. The number of carbonyl (C=O) groups is 4. The van der Waals surface area contributed by atoms with Crippen molar-refractivity contribution in [3.05, 3.63) is 33.8 Å². The second-order valence-electron chi connectivity index (χ2n) is 4.72. The van der Waals surface area contributed by atoms with Gasteiger partial charge >= 0.3 is 0 Å². The van der Waals surface area contributed by atoms with Crippen molar-refractivity contribution in [2.45, 2.75) is 25.8 Å². The first-order valence-electron chi connectivity index (χ1n) is 6.32. The Bertz CT molecular complexity index is 609. The first-order valence-corrected chi connectivity index (χ1v) is 7.11. The number of amides is 4. The van der Waals surface area contributed by atoms with Crippen LogP contribution in [0.5, 0.6) is 0 Å². The Morgan fingerprint density at radius 2 is 2.14 bits per heavy atom. The molecule has 4 amide bonds. The highest BCUT2D eigenvalue weighted by molar-refractivity contribution is 9.10. The maximum Gasteiger partial charge on any atom is 0.262 e. The van der Waals surface area contributed by atoms with Crippen LogP contribution in [-0.2, 0) is 14.4 Å². The molecule has 0 radical (unpaired) electrons. The van der Waals surface area contributed by atoms with Crippen LogP contribution in [0.3, 0.4) is 0 Å². The number of benzene rings is 1. The Balaban J connectivity index is 2.33. The monoisotopic (exact) mass is 352 g/mol. The standard InChI is InChI=1S/C14H13BrN2O4/c1-8-3-2-4-9(15)12(8)14(21)17(7-18)10-5-6-11(19)16-13(10)20/h2-4,7,10H,5-6H2,1H3,(H,16,19,20). The van der Waals surface area contributed by atoms with Gasteiger partial charge in [0.05, 0.1) is 5.56 Å². The topological polar surface area (TPSA) is 83.6 Å². The molecule has 0 saturated carbocycles. The number of carbonyl (C=O) groups excluding carboxylic acids is 4. The molecule has 1 heterocycles. The molecular weight excluding hydrogens is 340 g/mol. The van der Waals surface area contributed by atoms with Crippen LogP contribution in [0.25, 0.3) is 0 Å². The van der Waals surface area contributed by atoms with E-state index in [0.29, 0.717) is 22.0 Å². The van der Waals surface area contributed by atoms with Gasteiger partial charge in [-0.05, 0) is 40.9 Å². The van der Waals surface area contributed by atoms with Crippen LogP contribution < -0.4 is 5.32 Å². The number of piperidine rings is 1. The molecule has 1 aliphatic rings. The highest BCUT2D eigenvalue weighted by Gasteiger charge is 2.35. The molecule has 0 bridgehead atoms. The third-order valence-electron chi connectivity index (χ3n) is 3.33. The second-order valence-corrected chi connectivity index (χ2v) is 5.57. The molecule has 1 aliphatic heterocycles. The van der Waals surface area contributed by atoms with Gasteiger partial charge in [0.2, 0.25) is 18.2 Å². The molecule has 0 aliphatic carbocycles. The summed E-state index contributed by atoms with van der Waals surface area (Å²) in [6, 6.07) is 4.24. The molecule has 1 saturated heterocycles. The van der Waals surface area contributed by atoms with Gasteiger partial charge in [-0.2, -0.15) is 0 Å². The molecular formula is C14H13BrN2O4. The van der Waals surface area contributed by atoms with Gasteiger partial charge in [-0.3, -0.25) is 29.4 Å². The Labute approximate surface area is 129 Å². The summed E-state index contributed by atoms with van der Waals surface area (Å²) in [5.41, 5.74) is 1.02. The lowest BCUT2D eigenvalue weighted by molar-refractivity contribution is -0.139. The number of aryl methyl sites for hydroxylation is 1. The lowest BCUT2D eigenvalue weighted by atomic mass is 10.0. The molecule has 7 heteroatoms. The highest BCUT2D eigenvalue weighted by Crippen LogP contribution is 2.23. The van der Waals surface area contributed by atoms with Gasteiger partial charge in [0.15, 0.2) is 0 Å². The lowest BCUT2D eigenvalue weighted by Crippen LogP contribution is -2.54. The minimum atomic E-state index is -0.959. The predicted molar refractivity (Wildman–Crippen MR) is 77.3 cm³/mol. The molecule has 1 aromatic rings. The maximum absolute atomic E-state index is 12.5. The number of hydrogen-bond acceptors (Lipinski definition) is 4. The van der Waals surface area contributed by atoms with Gasteiger partial charge in [-0.25, -0.2) is 0 Å². The fourth-order valence-corrected chi connectivity index (χ4v) is 2.88. The zero-order valence-electron chi connectivity index (χ0n) is 11.3. The van der Waals surface area contributed by atoms with Crippen molar-refractivity contribution < 1.29 is 19.2 Å². The molecule has 1 atom stereocenters. The Morgan fingerprint density at radius 3 is 2.71 bits per heavy atom. The molecule has 1 aromatic carbocycles. The molecule has 1 fully saturated rings. The van der Waals surface area contributed by atoms with E-state index in [0.717, 1.165) is 4.90 Å². The predicted octanol–water partition coefficient (Wildman–Crippen LogP) is 1.16. The van der Waals surface area contributed by atoms with Crippen LogP contribution in [0.4, 0.5) is 0 Å². The summed E-state index contributed by atoms with van der Waals surface area (Å²) in [6.45, 7) is 1.74. The average Bonchev–Trinajstić information content (AvgIpc) is 2.41. The average molecular weight is 353 g/mol. The number of imide groups is 2. The Morgan fingerprint density at radius 1 is 1.43 bits per heavy atom. The van der Waals surface area contributed by atoms with E-state index in [2.05, 4.69) is 21.2 Å². The Kier molecular flexibility index (Phi) is 4.52. The molecule has 1 N–H and O–H groups in total. The molecule has 0 spiro atoms. The summed E-state index contributed by atoms with van der Waals surface area (Å²) in [5.74, 6) is -1.59. The van der Waals surface area contributed by atoms with Gasteiger partial charge in [0.1, 0.15) is 6.04 Å². The van der Waals surface area contributed by atoms with Crippen LogP contribution in [0, 0.1) is 6.92 Å². The SMILES string of the molecule is Cc1cccc(Br)c1C(=O)N(C=O)C1CCC(=O)NC1=O. The first kappa shape index (κ1) is 15.4. The maximum atomic E-state index is 12.5. The summed E-state index contributed by atoms with van der Waals surface area (Å²) < 4.78 is 0.548. The summed E-state index contributed by atoms with van der Waals surface area (Å²) >= 11 is 3.28. The molecule has 2 rings (SSSR count). The summed E-state index contributed by atoms with van der Waals surface area (Å²) in [5, 5.41) is 2.14. The normalized spacial score (nSPS) is 18.1. The van der Waals surface area contributed by atoms with Crippen molar-refractivity contribution >= 4 is 40.1 Å². The minimum absolute atomic E-state index is 0.100. The first-order chi connectivity index (χ1) is 9.95. The van der Waals surface area contributed by atoms with Crippen molar-refractivity contribution in [1.29, 1.82) is 0 Å². The molecule has 0 aromatic heterocycles. The van der Waals surface area contributed by atoms with Crippen LogP contribution in [-0.4, -0.2) is 35.1 Å². The van der Waals surface area contributed by atoms with Crippen LogP contribution >= 0.6 is 15.9 Å². The third-order valence-corrected chi connectivity index (χ3v) is 3.99. The summed E-state index contributed by atoms with van der Waals surface area (Å²) in [6.07, 6.45) is 0.572. The highest BCUT2D eigenvalue weighted by atomic mass is 79.9. The number of rotatable bonds is 3. The zero-order valence-corrected chi connectivity index (χ0v) is 12.8. The largest absolute Gasteiger partial charge is 0.295 e. The van der Waals surface area contributed by atoms with E-state index in [1.54, 1.807) is 25.1 Å². The van der Waals surface area contributed by atoms with Crippen molar-refractivity contribution in [3.63, 3.8) is 0 Å². The van der Waals surface area contributed by atoms with E-state index in [1.807, 2.05) is 0 Å². The Hall–Kier alpha value is -2.02. The van der Waals surface area contributed by atoms with Gasteiger partial charge < -0.3 is 0 Å². The van der Waals surface area contributed by atoms with Crippen LogP contribution in [0.15, 0.2) is 22.7 Å². The number of halogens is 1. The minimum Gasteiger partial charge on any atom is -0.295 e. The quantitative estimate of drug-likeness (QED) is 0.653. The zero-order chi connectivity index (χ0) is 15.6. The van der Waals surface area contributed by atoms with E-state index < -0.39 is 23.8 Å². The molecule has 1 unspecified atom stereocenters. The van der Waals surface area contributed by atoms with Crippen molar-refractivity contribution in [2.24, 2.45) is 0 Å². The van der Waals surface area contributed by atoms with Crippen LogP contribution in [0.1, 0.15) is 28.8 Å². The second kappa shape index (κ2) is 6.17. The van der Waals surface area contributed by atoms with Gasteiger partial charge in [-0.15, -0.1) is 0 Å². The van der Waals surface area contributed by atoms with Crippen molar-refractivity contribution in [3.8, 4) is 0 Å². The fraction of sp³-hybridized carbons (Fsp3) is 0.286. The summed E-state index contributed by atoms with van der Waals surface area (Å²) in [4.78, 5) is 47.6. The molecule has 6 nitrogen and oxygen atoms in total. The molecule has 21 heavy (non-hydrogen) atoms. The fourth-order valence-electron chi connectivity index (χ4n) is 2.24. The molecule has 110 valence electrons. The number of hydrogen-bond donors (Lipinski definition) is 1. The van der Waals surface area contributed by atoms with E-state index >= 15 is 0 Å². The number of nitrogens with zero attached hydrogens (tertiary/aromatic N) is 1. The van der Waals surface area contributed by atoms with E-state index in [-0.39, 0.29) is 12.8 Å². The number of nitrogens with one attached hydrogen (secondary N) is 1. The smallest absolute Gasteiger partial charge is 0.262 e. The van der Waals surface area contributed by atoms with Gasteiger partial charge in [0.25, 0.3) is 5.91 Å². The van der Waals surface area contributed by atoms with Crippen molar-refractivity contribution in [2.75, 3.05) is 0 Å². The van der Waals surface area contributed by atoms with E-state index in [4.69, 9.17) is 0 Å². The van der Waals surface area contributed by atoms with Crippen LogP contribution in [0.2, 0.25) is 0 Å². The van der Waals surface area contributed by atoms with Gasteiger partial charge in [0, 0.05) is 10.9 Å². The van der Waals surface area contributed by atoms with Crippen molar-refractivity contribution in [1.82, 2.24) is 10.2 Å². The van der Waals surface area contributed by atoms with E-state index in [9.17, 15) is 19.2 Å². The lowest BCUT2D eigenvalue weighted by Gasteiger charge is -2.28.